The largest absolute Gasteiger partial charge is 0.475 e. The molecule has 3 heterocycles. The Morgan fingerprint density at radius 2 is 1.95 bits per heavy atom. The van der Waals surface area contributed by atoms with Crippen LogP contribution >= 0.6 is 7.82 Å². The van der Waals surface area contributed by atoms with Crippen LogP contribution in [-0.2, 0) is 37.2 Å². The highest BCUT2D eigenvalue weighted by atomic mass is 31.2. The smallest absolute Gasteiger partial charge is 0.463 e. The van der Waals surface area contributed by atoms with E-state index < -0.39 is 26.1 Å². The Morgan fingerprint density at radius 1 is 1.19 bits per heavy atom. The normalized spacial score (nSPS) is 19.6. The number of esters is 2. The van der Waals surface area contributed by atoms with Gasteiger partial charge in [0.25, 0.3) is 5.88 Å². The summed E-state index contributed by atoms with van der Waals surface area (Å²) in [6, 6.07) is 0. The van der Waals surface area contributed by atoms with E-state index in [-0.39, 0.29) is 61.6 Å². The van der Waals surface area contributed by atoms with Crippen LogP contribution < -0.4 is 10.5 Å². The second kappa shape index (κ2) is 12.3. The van der Waals surface area contributed by atoms with Crippen molar-refractivity contribution < 1.29 is 41.9 Å². The van der Waals surface area contributed by atoms with Crippen molar-refractivity contribution >= 4 is 36.9 Å². The molecular formula is C22H34N5O9P. The van der Waals surface area contributed by atoms with E-state index >= 15 is 0 Å². The fraction of sp³-hybridized carbons (Fsp3) is 0.682. The highest BCUT2D eigenvalue weighted by Crippen LogP contribution is 2.51. The first-order chi connectivity index (χ1) is 17.4. The van der Waals surface area contributed by atoms with Crippen LogP contribution in [0.2, 0.25) is 0 Å². The van der Waals surface area contributed by atoms with Crippen LogP contribution in [-0.4, -0.2) is 64.0 Å². The van der Waals surface area contributed by atoms with Crippen molar-refractivity contribution in [1.29, 1.82) is 0 Å². The van der Waals surface area contributed by atoms with Gasteiger partial charge in [0.05, 0.1) is 32.3 Å². The van der Waals surface area contributed by atoms with Crippen molar-refractivity contribution in [1.82, 2.24) is 19.5 Å². The highest BCUT2D eigenvalue weighted by molar-refractivity contribution is 7.48. The van der Waals surface area contributed by atoms with Gasteiger partial charge in [-0.2, -0.15) is 9.97 Å². The molecule has 0 aromatic carbocycles. The van der Waals surface area contributed by atoms with Gasteiger partial charge in [0.2, 0.25) is 5.95 Å². The third kappa shape index (κ3) is 8.44. The molecule has 2 aromatic heterocycles. The quantitative estimate of drug-likeness (QED) is 0.235. The summed E-state index contributed by atoms with van der Waals surface area (Å²) in [7, 11) is -3.96. The summed E-state index contributed by atoms with van der Waals surface area (Å²) < 4.78 is 47.5. The number of anilines is 1. The van der Waals surface area contributed by atoms with Gasteiger partial charge in [-0.05, 0) is 18.3 Å². The van der Waals surface area contributed by atoms with E-state index in [0.717, 1.165) is 0 Å². The zero-order chi connectivity index (χ0) is 27.2. The van der Waals surface area contributed by atoms with Gasteiger partial charge < -0.3 is 19.9 Å². The third-order valence-corrected chi connectivity index (χ3v) is 6.41. The molecule has 206 valence electrons. The fourth-order valence-corrected chi connectivity index (χ4v) is 4.72. The van der Waals surface area contributed by atoms with Crippen molar-refractivity contribution in [3.05, 3.63) is 6.33 Å². The molecule has 2 aromatic rings. The summed E-state index contributed by atoms with van der Waals surface area (Å²) in [5.41, 5.74) is 6.11. The first-order valence-electron chi connectivity index (χ1n) is 11.9. The Balaban J connectivity index is 1.63. The van der Waals surface area contributed by atoms with Gasteiger partial charge in [0.1, 0.15) is 12.8 Å². The first-order valence-corrected chi connectivity index (χ1v) is 13.4. The number of carbonyl (C=O) groups is 2. The number of rotatable bonds is 12. The number of ether oxygens (including phenoxy) is 3. The van der Waals surface area contributed by atoms with Crippen molar-refractivity contribution in [2.24, 2.45) is 5.41 Å². The van der Waals surface area contributed by atoms with E-state index in [1.807, 2.05) is 20.8 Å². The molecule has 14 nitrogen and oxygen atoms in total. The average Bonchev–Trinajstić information content (AvgIpc) is 3.45. The molecule has 3 rings (SSSR count). The first kappa shape index (κ1) is 28.9. The minimum absolute atomic E-state index is 0.0367. The second-order valence-corrected chi connectivity index (χ2v) is 11.2. The van der Waals surface area contributed by atoms with Crippen LogP contribution in [0.15, 0.2) is 6.33 Å². The number of imidazole rings is 1. The monoisotopic (exact) mass is 543 g/mol. The van der Waals surface area contributed by atoms with Crippen molar-refractivity contribution in [3.8, 4) is 5.88 Å². The van der Waals surface area contributed by atoms with Crippen LogP contribution in [0.25, 0.3) is 11.2 Å². The number of fused-ring (bicyclic) bond motifs is 1. The Kier molecular flexibility index (Phi) is 9.59. The predicted molar refractivity (Wildman–Crippen MR) is 130 cm³/mol. The maximum atomic E-state index is 13.2. The zero-order valence-electron chi connectivity index (χ0n) is 21.7. The lowest BCUT2D eigenvalue weighted by atomic mass is 9.99. The van der Waals surface area contributed by atoms with Crippen molar-refractivity contribution in [3.63, 3.8) is 0 Å². The average molecular weight is 544 g/mol. The van der Waals surface area contributed by atoms with Crippen molar-refractivity contribution in [2.45, 2.75) is 66.2 Å². The molecule has 37 heavy (non-hydrogen) atoms. The van der Waals surface area contributed by atoms with E-state index in [1.165, 1.54) is 13.3 Å². The molecule has 1 saturated heterocycles. The lowest BCUT2D eigenvalue weighted by molar-refractivity contribution is -0.144. The fourth-order valence-electron chi connectivity index (χ4n) is 3.30. The SMILES string of the molecule is CCC(=O)OCCOP(=O)(OC[C@@H]1CC[C@H](n2cnc3c(OC(C)=O)nc(N)nc32)O1)OCC(C)(C)C. The van der Waals surface area contributed by atoms with E-state index in [0.29, 0.717) is 18.5 Å². The third-order valence-electron chi connectivity index (χ3n) is 5.00. The number of phosphoric ester groups is 1. The number of aromatic nitrogens is 4. The van der Waals surface area contributed by atoms with Crippen LogP contribution in [0.1, 0.15) is 60.1 Å². The molecule has 1 aliphatic rings. The zero-order valence-corrected chi connectivity index (χ0v) is 22.6. The summed E-state index contributed by atoms with van der Waals surface area (Å²) in [4.78, 5) is 35.1. The van der Waals surface area contributed by atoms with E-state index in [9.17, 15) is 14.2 Å². The molecule has 0 amide bonds. The Morgan fingerprint density at radius 3 is 2.62 bits per heavy atom. The molecule has 0 saturated carbocycles. The summed E-state index contributed by atoms with van der Waals surface area (Å²) in [6.45, 7) is 8.53. The van der Waals surface area contributed by atoms with E-state index in [4.69, 9.17) is 33.5 Å². The lowest BCUT2D eigenvalue weighted by Gasteiger charge is -2.24. The van der Waals surface area contributed by atoms with Crippen LogP contribution in [0.3, 0.4) is 0 Å². The molecule has 15 heteroatoms. The van der Waals surface area contributed by atoms with Crippen LogP contribution in [0, 0.1) is 5.41 Å². The molecular weight excluding hydrogens is 509 g/mol. The Bertz CT molecular complexity index is 1150. The Hall–Kier alpha value is -2.64. The standard InChI is InChI=1S/C22H34N5O9P/c1-6-17(29)31-9-10-32-37(30,34-12-22(3,4)5)33-11-15-7-8-16(36-15)27-13-24-18-19(27)25-21(23)26-20(18)35-14(2)28/h13,15-16H,6-12H2,1-5H3,(H2,23,25,26)/t15-,16+,37?/m0/s1. The number of nitrogen functional groups attached to an aromatic ring is 1. The van der Waals surface area contributed by atoms with E-state index in [2.05, 4.69) is 15.0 Å². The van der Waals surface area contributed by atoms with Gasteiger partial charge in [-0.1, -0.05) is 27.7 Å². The number of carbonyl (C=O) groups excluding carboxylic acids is 2. The molecule has 2 N–H and O–H groups in total. The van der Waals surface area contributed by atoms with Crippen LogP contribution in [0.4, 0.5) is 5.95 Å². The number of hydrogen-bond donors (Lipinski definition) is 1. The Labute approximate surface area is 214 Å². The lowest BCUT2D eigenvalue weighted by Crippen LogP contribution is -2.20. The molecule has 0 radical (unpaired) electrons. The van der Waals surface area contributed by atoms with Gasteiger partial charge in [0, 0.05) is 13.3 Å². The second-order valence-electron chi connectivity index (χ2n) is 9.58. The minimum Gasteiger partial charge on any atom is -0.463 e. The molecule has 1 aliphatic heterocycles. The highest BCUT2D eigenvalue weighted by Gasteiger charge is 2.34. The van der Waals surface area contributed by atoms with Crippen molar-refractivity contribution in [2.75, 3.05) is 32.2 Å². The maximum absolute atomic E-state index is 13.2. The van der Waals surface area contributed by atoms with Gasteiger partial charge in [-0.25, -0.2) is 9.55 Å². The summed E-state index contributed by atoms with van der Waals surface area (Å²) >= 11 is 0. The predicted octanol–water partition coefficient (Wildman–Crippen LogP) is 3.17. The summed E-state index contributed by atoms with van der Waals surface area (Å²) in [5, 5.41) is 0. The summed E-state index contributed by atoms with van der Waals surface area (Å²) in [5.74, 6) is -1.07. The molecule has 1 fully saturated rings. The van der Waals surface area contributed by atoms with Gasteiger partial charge >= 0.3 is 19.8 Å². The minimum atomic E-state index is -3.96. The van der Waals surface area contributed by atoms with Gasteiger partial charge in [-0.3, -0.25) is 27.7 Å². The molecule has 0 bridgehead atoms. The van der Waals surface area contributed by atoms with Crippen LogP contribution in [0.5, 0.6) is 5.88 Å². The maximum Gasteiger partial charge on any atom is 0.475 e. The van der Waals surface area contributed by atoms with E-state index in [1.54, 1.807) is 11.5 Å². The number of nitrogens with two attached hydrogens (primary N) is 1. The summed E-state index contributed by atoms with van der Waals surface area (Å²) in [6.07, 6.45) is 1.98. The topological polar surface area (TPSA) is 176 Å². The number of hydrogen-bond acceptors (Lipinski definition) is 13. The molecule has 0 aliphatic carbocycles. The van der Waals surface area contributed by atoms with Gasteiger partial charge in [0.15, 0.2) is 11.2 Å². The molecule has 1 unspecified atom stereocenters. The number of phosphoric acid groups is 1. The molecule has 0 spiro atoms. The van der Waals surface area contributed by atoms with Gasteiger partial charge in [-0.15, -0.1) is 0 Å². The number of nitrogens with zero attached hydrogens (tertiary/aromatic N) is 4. The molecule has 3 atom stereocenters.